The highest BCUT2D eigenvalue weighted by Crippen LogP contribution is 2.32. The van der Waals surface area contributed by atoms with Crippen LogP contribution in [-0.4, -0.2) is 35.8 Å². The molecule has 140 valence electrons. The number of carbonyl (C=O) groups excluding carboxylic acids is 2. The van der Waals surface area contributed by atoms with Crippen molar-refractivity contribution >= 4 is 28.2 Å². The second-order valence-electron chi connectivity index (χ2n) is 6.45. The van der Waals surface area contributed by atoms with Gasteiger partial charge in [-0.1, -0.05) is 54.1 Å². The van der Waals surface area contributed by atoms with Gasteiger partial charge < -0.3 is 9.47 Å². The molecular weight excluding hydrogens is 356 g/mol. The summed E-state index contributed by atoms with van der Waals surface area (Å²) in [4.78, 5) is 25.0. The van der Waals surface area contributed by atoms with Crippen LogP contribution in [0.15, 0.2) is 54.6 Å². The van der Waals surface area contributed by atoms with Crippen molar-refractivity contribution in [2.45, 2.75) is 6.92 Å². The van der Waals surface area contributed by atoms with Gasteiger partial charge >= 0.3 is 11.9 Å². The molecule has 0 unspecified atom stereocenters. The molecule has 2 aromatic heterocycles. The fraction of sp³-hybridized carbons (Fsp3) is 0.136. The molecule has 0 saturated heterocycles. The lowest BCUT2D eigenvalue weighted by molar-refractivity contribution is 0.0553. The second-order valence-corrected chi connectivity index (χ2v) is 6.45. The summed E-state index contributed by atoms with van der Waals surface area (Å²) in [6, 6.07) is 17.6. The molecule has 0 atom stereocenters. The molecule has 0 spiro atoms. The molecular formula is C22H18N2O4. The standard InChI is InChI=1S/C22H18N2O4/c1-13-9-10-16-15(11-13)12-17(14-7-5-4-6-8-14)24-20(16)18(21(25)27-2)19(23-24)22(26)28-3/h4-12H,1-3H3. The first-order valence-corrected chi connectivity index (χ1v) is 8.73. The molecule has 0 amide bonds. The van der Waals surface area contributed by atoms with Crippen LogP contribution < -0.4 is 0 Å². The van der Waals surface area contributed by atoms with Gasteiger partial charge in [-0.25, -0.2) is 14.1 Å². The topological polar surface area (TPSA) is 69.9 Å². The first kappa shape index (κ1) is 17.7. The average molecular weight is 374 g/mol. The lowest BCUT2D eigenvalue weighted by Gasteiger charge is -2.10. The summed E-state index contributed by atoms with van der Waals surface area (Å²) >= 11 is 0. The maximum absolute atomic E-state index is 12.6. The minimum atomic E-state index is -0.691. The first-order chi connectivity index (χ1) is 13.5. The van der Waals surface area contributed by atoms with Crippen molar-refractivity contribution in [3.05, 3.63) is 71.4 Å². The molecule has 4 rings (SSSR count). The number of nitrogens with zero attached hydrogens (tertiary/aromatic N) is 2. The third-order valence-corrected chi connectivity index (χ3v) is 4.71. The maximum Gasteiger partial charge on any atom is 0.359 e. The van der Waals surface area contributed by atoms with Gasteiger partial charge in [0.15, 0.2) is 5.69 Å². The monoisotopic (exact) mass is 374 g/mol. The molecule has 28 heavy (non-hydrogen) atoms. The molecule has 0 aliphatic carbocycles. The molecule has 2 aromatic carbocycles. The summed E-state index contributed by atoms with van der Waals surface area (Å²) in [6.07, 6.45) is 0. The number of esters is 2. The smallest absolute Gasteiger partial charge is 0.359 e. The van der Waals surface area contributed by atoms with E-state index in [2.05, 4.69) is 5.10 Å². The molecule has 6 nitrogen and oxygen atoms in total. The van der Waals surface area contributed by atoms with Crippen molar-refractivity contribution < 1.29 is 19.1 Å². The molecule has 0 aliphatic rings. The van der Waals surface area contributed by atoms with Crippen LogP contribution in [0.5, 0.6) is 0 Å². The Morgan fingerprint density at radius 1 is 0.929 bits per heavy atom. The Bertz CT molecular complexity index is 1230. The number of aryl methyl sites for hydroxylation is 1. The maximum atomic E-state index is 12.6. The van der Waals surface area contributed by atoms with Gasteiger partial charge in [-0.15, -0.1) is 0 Å². The Hall–Kier alpha value is -3.67. The quantitative estimate of drug-likeness (QED) is 0.506. The molecule has 6 heteroatoms. The van der Waals surface area contributed by atoms with E-state index in [0.29, 0.717) is 5.52 Å². The van der Waals surface area contributed by atoms with Crippen molar-refractivity contribution in [2.24, 2.45) is 0 Å². The van der Waals surface area contributed by atoms with E-state index in [1.807, 2.05) is 61.5 Å². The van der Waals surface area contributed by atoms with Gasteiger partial charge in [-0.3, -0.25) is 0 Å². The normalized spacial score (nSPS) is 11.0. The van der Waals surface area contributed by atoms with Crippen LogP contribution in [-0.2, 0) is 9.47 Å². The van der Waals surface area contributed by atoms with E-state index in [0.717, 1.165) is 27.6 Å². The molecule has 0 radical (unpaired) electrons. The van der Waals surface area contributed by atoms with Crippen LogP contribution in [0.3, 0.4) is 0 Å². The molecule has 4 aromatic rings. The predicted octanol–water partition coefficient (Wildman–Crippen LogP) is 4.04. The summed E-state index contributed by atoms with van der Waals surface area (Å²) in [5, 5.41) is 6.18. The van der Waals surface area contributed by atoms with Gasteiger partial charge in [0.25, 0.3) is 0 Å². The lowest BCUT2D eigenvalue weighted by atomic mass is 10.0. The molecule has 2 heterocycles. The summed E-state index contributed by atoms with van der Waals surface area (Å²) in [7, 11) is 2.53. The minimum Gasteiger partial charge on any atom is -0.465 e. The summed E-state index contributed by atoms with van der Waals surface area (Å²) in [6.45, 7) is 2.00. The molecule has 0 aliphatic heterocycles. The van der Waals surface area contributed by atoms with Crippen LogP contribution >= 0.6 is 0 Å². The van der Waals surface area contributed by atoms with Gasteiger partial charge in [0.2, 0.25) is 0 Å². The van der Waals surface area contributed by atoms with Crippen molar-refractivity contribution in [1.82, 2.24) is 9.61 Å². The number of rotatable bonds is 3. The zero-order valence-electron chi connectivity index (χ0n) is 15.7. The van der Waals surface area contributed by atoms with Gasteiger partial charge in [0.05, 0.1) is 25.4 Å². The Labute approximate surface area is 161 Å². The Morgan fingerprint density at radius 3 is 2.32 bits per heavy atom. The van der Waals surface area contributed by atoms with E-state index in [1.54, 1.807) is 4.52 Å². The molecule has 0 bridgehead atoms. The zero-order valence-corrected chi connectivity index (χ0v) is 15.7. The van der Waals surface area contributed by atoms with E-state index in [4.69, 9.17) is 9.47 Å². The SMILES string of the molecule is COC(=O)c1nn2c(-c3ccccc3)cc3cc(C)ccc3c2c1C(=O)OC. The number of hydrogen-bond acceptors (Lipinski definition) is 5. The van der Waals surface area contributed by atoms with E-state index in [-0.39, 0.29) is 11.3 Å². The van der Waals surface area contributed by atoms with Crippen molar-refractivity contribution in [2.75, 3.05) is 14.2 Å². The lowest BCUT2D eigenvalue weighted by Crippen LogP contribution is -2.10. The molecule has 0 fully saturated rings. The van der Waals surface area contributed by atoms with Crippen LogP contribution in [0.1, 0.15) is 26.4 Å². The van der Waals surface area contributed by atoms with Crippen LogP contribution in [0.2, 0.25) is 0 Å². The number of ether oxygens (including phenoxy) is 2. The number of fused-ring (bicyclic) bond motifs is 3. The van der Waals surface area contributed by atoms with Gasteiger partial charge in [0.1, 0.15) is 5.56 Å². The number of aromatic nitrogens is 2. The van der Waals surface area contributed by atoms with E-state index < -0.39 is 11.9 Å². The number of pyridine rings is 1. The zero-order chi connectivity index (χ0) is 19.8. The first-order valence-electron chi connectivity index (χ1n) is 8.73. The third kappa shape index (κ3) is 2.70. The number of methoxy groups -OCH3 is 2. The molecule has 0 N–H and O–H groups in total. The van der Waals surface area contributed by atoms with Crippen molar-refractivity contribution in [3.8, 4) is 11.3 Å². The fourth-order valence-corrected chi connectivity index (χ4v) is 3.42. The van der Waals surface area contributed by atoms with Crippen LogP contribution in [0.25, 0.3) is 27.5 Å². The average Bonchev–Trinajstić information content (AvgIpc) is 3.13. The second kappa shape index (κ2) is 6.81. The Morgan fingerprint density at radius 2 is 1.64 bits per heavy atom. The van der Waals surface area contributed by atoms with Gasteiger partial charge in [-0.2, -0.15) is 5.10 Å². The highest BCUT2D eigenvalue weighted by Gasteiger charge is 2.28. The minimum absolute atomic E-state index is 0.0698. The number of carbonyl (C=O) groups is 2. The Balaban J connectivity index is 2.23. The van der Waals surface area contributed by atoms with Gasteiger partial charge in [-0.05, 0) is 18.4 Å². The van der Waals surface area contributed by atoms with Crippen LogP contribution in [0.4, 0.5) is 0 Å². The Kier molecular flexibility index (Phi) is 4.31. The van der Waals surface area contributed by atoms with E-state index in [1.165, 1.54) is 14.2 Å². The number of benzene rings is 2. The van der Waals surface area contributed by atoms with E-state index in [9.17, 15) is 9.59 Å². The highest BCUT2D eigenvalue weighted by molar-refractivity contribution is 6.14. The number of hydrogen-bond donors (Lipinski definition) is 0. The van der Waals surface area contributed by atoms with E-state index >= 15 is 0 Å². The van der Waals surface area contributed by atoms with Crippen molar-refractivity contribution in [3.63, 3.8) is 0 Å². The van der Waals surface area contributed by atoms with Crippen LogP contribution in [0, 0.1) is 6.92 Å². The summed E-state index contributed by atoms with van der Waals surface area (Å²) in [5.41, 5.74) is 3.30. The van der Waals surface area contributed by atoms with Crippen molar-refractivity contribution in [1.29, 1.82) is 0 Å². The fourth-order valence-electron chi connectivity index (χ4n) is 3.42. The summed E-state index contributed by atoms with van der Waals surface area (Å²) < 4.78 is 11.4. The highest BCUT2D eigenvalue weighted by atomic mass is 16.5. The predicted molar refractivity (Wildman–Crippen MR) is 106 cm³/mol. The molecule has 0 saturated carbocycles. The van der Waals surface area contributed by atoms with Gasteiger partial charge in [0, 0.05) is 10.9 Å². The third-order valence-electron chi connectivity index (χ3n) is 4.71. The summed E-state index contributed by atoms with van der Waals surface area (Å²) in [5.74, 6) is -1.33. The largest absolute Gasteiger partial charge is 0.465 e.